The molecule has 0 bridgehead atoms. The molecule has 0 spiro atoms. The lowest BCUT2D eigenvalue weighted by Crippen LogP contribution is -2.30. The van der Waals surface area contributed by atoms with E-state index in [4.69, 9.17) is 11.5 Å². The predicted molar refractivity (Wildman–Crippen MR) is 105 cm³/mol. The van der Waals surface area contributed by atoms with Crippen LogP contribution in [0.2, 0.25) is 0 Å². The van der Waals surface area contributed by atoms with Gasteiger partial charge in [0.1, 0.15) is 0 Å². The number of benzene rings is 2. The summed E-state index contributed by atoms with van der Waals surface area (Å²) in [6.45, 7) is 4.39. The van der Waals surface area contributed by atoms with Gasteiger partial charge in [-0.2, -0.15) is 0 Å². The Bertz CT molecular complexity index is 669. The molecule has 4 N–H and O–H groups in total. The van der Waals surface area contributed by atoms with E-state index in [2.05, 4.69) is 34.1 Å². The Morgan fingerprint density at radius 1 is 0.583 bits per heavy atom. The highest BCUT2D eigenvalue weighted by atomic mass is 15.1. The summed E-state index contributed by atoms with van der Waals surface area (Å²) >= 11 is 0. The maximum atomic E-state index is 6.61. The molecule has 4 nitrogen and oxygen atoms in total. The van der Waals surface area contributed by atoms with E-state index in [0.29, 0.717) is 0 Å². The summed E-state index contributed by atoms with van der Waals surface area (Å²) in [7, 11) is 0. The zero-order valence-corrected chi connectivity index (χ0v) is 14.4. The highest BCUT2D eigenvalue weighted by molar-refractivity contribution is 6.09. The number of anilines is 4. The van der Waals surface area contributed by atoms with E-state index >= 15 is 0 Å². The minimum atomic E-state index is 0.853. The molecule has 2 aliphatic heterocycles. The van der Waals surface area contributed by atoms with Gasteiger partial charge in [-0.05, 0) is 56.0 Å². The molecule has 0 aromatic heterocycles. The molecule has 0 aliphatic carbocycles. The first kappa shape index (κ1) is 15.4. The number of nitrogen functional groups attached to an aromatic ring is 2. The van der Waals surface area contributed by atoms with Crippen LogP contribution in [0.15, 0.2) is 24.3 Å². The van der Waals surface area contributed by atoms with Crippen molar-refractivity contribution in [2.45, 2.75) is 38.5 Å². The third kappa shape index (κ3) is 2.64. The fourth-order valence-corrected chi connectivity index (χ4v) is 4.27. The second kappa shape index (κ2) is 6.42. The maximum Gasteiger partial charge on any atom is 0.0653 e. The number of nitrogens with zero attached hydrogens (tertiary/aromatic N) is 2. The highest BCUT2D eigenvalue weighted by Crippen LogP contribution is 2.40. The number of nitrogens with two attached hydrogens (primary N) is 2. The molecule has 2 aliphatic rings. The number of rotatable bonds is 2. The molecule has 2 aromatic rings. The van der Waals surface area contributed by atoms with Crippen LogP contribution in [0.4, 0.5) is 22.7 Å². The third-order valence-electron chi connectivity index (χ3n) is 5.61. The second-order valence-corrected chi connectivity index (χ2v) is 7.19. The Morgan fingerprint density at radius 2 is 1.00 bits per heavy atom. The maximum absolute atomic E-state index is 6.61. The summed E-state index contributed by atoms with van der Waals surface area (Å²) in [4.78, 5) is 4.84. The molecule has 2 aromatic carbocycles. The lowest BCUT2D eigenvalue weighted by atomic mass is 10.0. The molecular weight excluding hydrogens is 296 g/mol. The number of hydrogen-bond acceptors (Lipinski definition) is 4. The summed E-state index contributed by atoms with van der Waals surface area (Å²) < 4.78 is 0. The van der Waals surface area contributed by atoms with Crippen LogP contribution >= 0.6 is 0 Å². The molecule has 128 valence electrons. The van der Waals surface area contributed by atoms with E-state index in [1.54, 1.807) is 0 Å². The largest absolute Gasteiger partial charge is 0.396 e. The van der Waals surface area contributed by atoms with Gasteiger partial charge in [-0.3, -0.25) is 0 Å². The number of hydrogen-bond donors (Lipinski definition) is 2. The lowest BCUT2D eigenvalue weighted by Gasteiger charge is -2.32. The van der Waals surface area contributed by atoms with Gasteiger partial charge < -0.3 is 21.3 Å². The molecule has 0 amide bonds. The first-order valence-corrected chi connectivity index (χ1v) is 9.36. The topological polar surface area (TPSA) is 58.5 Å². The van der Waals surface area contributed by atoms with Crippen molar-refractivity contribution in [2.75, 3.05) is 47.4 Å². The van der Waals surface area contributed by atoms with Crippen LogP contribution in [0.1, 0.15) is 38.5 Å². The van der Waals surface area contributed by atoms with Gasteiger partial charge in [-0.25, -0.2) is 0 Å². The minimum absolute atomic E-state index is 0.853. The van der Waals surface area contributed by atoms with Crippen LogP contribution in [0.5, 0.6) is 0 Å². The quantitative estimate of drug-likeness (QED) is 0.820. The van der Waals surface area contributed by atoms with Gasteiger partial charge in [0, 0.05) is 31.6 Å². The SMILES string of the molecule is Nc1c(N2CCCCC2)ccc2ccc(N3CCCCC3)c(N)c12. The number of fused-ring (bicyclic) bond motifs is 1. The van der Waals surface area contributed by atoms with E-state index in [9.17, 15) is 0 Å². The first-order chi connectivity index (χ1) is 11.8. The van der Waals surface area contributed by atoms with Gasteiger partial charge in [0.2, 0.25) is 0 Å². The third-order valence-corrected chi connectivity index (χ3v) is 5.61. The lowest BCUT2D eigenvalue weighted by molar-refractivity contribution is 0.578. The molecule has 2 fully saturated rings. The molecule has 0 atom stereocenters. The Kier molecular flexibility index (Phi) is 4.13. The van der Waals surface area contributed by atoms with Gasteiger partial charge in [0.05, 0.1) is 22.7 Å². The van der Waals surface area contributed by atoms with Crippen LogP contribution in [-0.4, -0.2) is 26.2 Å². The molecule has 4 heteroatoms. The highest BCUT2D eigenvalue weighted by Gasteiger charge is 2.19. The molecule has 24 heavy (non-hydrogen) atoms. The smallest absolute Gasteiger partial charge is 0.0653 e. The Labute approximate surface area is 144 Å². The second-order valence-electron chi connectivity index (χ2n) is 7.19. The summed E-state index contributed by atoms with van der Waals surface area (Å²) in [6.07, 6.45) is 7.65. The van der Waals surface area contributed by atoms with Gasteiger partial charge >= 0.3 is 0 Å². The molecule has 0 radical (unpaired) electrons. The molecule has 0 unspecified atom stereocenters. The van der Waals surface area contributed by atoms with Crippen molar-refractivity contribution in [1.82, 2.24) is 0 Å². The summed E-state index contributed by atoms with van der Waals surface area (Å²) in [5, 5.41) is 2.19. The molecular formula is C20H28N4. The van der Waals surface area contributed by atoms with E-state index in [1.165, 1.54) is 38.5 Å². The van der Waals surface area contributed by atoms with Crippen molar-refractivity contribution in [3.63, 3.8) is 0 Å². The van der Waals surface area contributed by atoms with E-state index < -0.39 is 0 Å². The van der Waals surface area contributed by atoms with E-state index in [1.807, 2.05) is 0 Å². The van der Waals surface area contributed by atoms with Gasteiger partial charge in [-0.15, -0.1) is 0 Å². The van der Waals surface area contributed by atoms with Crippen molar-refractivity contribution in [3.8, 4) is 0 Å². The zero-order valence-electron chi connectivity index (χ0n) is 14.4. The van der Waals surface area contributed by atoms with Gasteiger partial charge in [0.25, 0.3) is 0 Å². The predicted octanol–water partition coefficient (Wildman–Crippen LogP) is 3.98. The van der Waals surface area contributed by atoms with Crippen molar-refractivity contribution < 1.29 is 0 Å². The molecule has 2 saturated heterocycles. The standard InChI is InChI=1S/C20H28N4/c21-19-16(23-11-3-1-4-12-23)9-7-15-8-10-17(20(22)18(15)19)24-13-5-2-6-14-24/h7-10H,1-6,11-14,21-22H2. The zero-order chi connectivity index (χ0) is 16.5. The molecule has 4 rings (SSSR count). The fourth-order valence-electron chi connectivity index (χ4n) is 4.27. The summed E-state index contributed by atoms with van der Waals surface area (Å²) in [5.41, 5.74) is 17.2. The Hall–Kier alpha value is -2.10. The van der Waals surface area contributed by atoms with E-state index in [-0.39, 0.29) is 0 Å². The number of piperidine rings is 2. The van der Waals surface area contributed by atoms with Gasteiger partial charge in [-0.1, -0.05) is 12.1 Å². The van der Waals surface area contributed by atoms with Crippen LogP contribution in [0.25, 0.3) is 10.8 Å². The fraction of sp³-hybridized carbons (Fsp3) is 0.500. The van der Waals surface area contributed by atoms with Crippen molar-refractivity contribution >= 4 is 33.5 Å². The monoisotopic (exact) mass is 324 g/mol. The van der Waals surface area contributed by atoms with Crippen LogP contribution in [0, 0.1) is 0 Å². The van der Waals surface area contributed by atoms with Crippen LogP contribution in [0.3, 0.4) is 0 Å². The van der Waals surface area contributed by atoms with Crippen molar-refractivity contribution in [2.24, 2.45) is 0 Å². The molecule has 0 saturated carbocycles. The van der Waals surface area contributed by atoms with Crippen LogP contribution in [-0.2, 0) is 0 Å². The van der Waals surface area contributed by atoms with E-state index in [0.717, 1.165) is 59.7 Å². The summed E-state index contributed by atoms with van der Waals surface area (Å²) in [6, 6.07) is 8.68. The molecule has 2 heterocycles. The summed E-state index contributed by atoms with van der Waals surface area (Å²) in [5.74, 6) is 0. The Morgan fingerprint density at radius 3 is 1.42 bits per heavy atom. The minimum Gasteiger partial charge on any atom is -0.396 e. The van der Waals surface area contributed by atoms with Crippen molar-refractivity contribution in [3.05, 3.63) is 24.3 Å². The van der Waals surface area contributed by atoms with Crippen molar-refractivity contribution in [1.29, 1.82) is 0 Å². The van der Waals surface area contributed by atoms with Crippen LogP contribution < -0.4 is 21.3 Å². The average molecular weight is 324 g/mol. The average Bonchev–Trinajstić information content (AvgIpc) is 2.63. The Balaban J connectivity index is 1.78. The normalized spacial score (nSPS) is 19.0. The van der Waals surface area contributed by atoms with Gasteiger partial charge in [0.15, 0.2) is 0 Å². The first-order valence-electron chi connectivity index (χ1n) is 9.36.